The molecule has 0 aromatic heterocycles. The lowest BCUT2D eigenvalue weighted by Gasteiger charge is -2.37. The summed E-state index contributed by atoms with van der Waals surface area (Å²) in [5.41, 5.74) is 0.0275. The molecule has 0 radical (unpaired) electrons. The average molecular weight is 413 g/mol. The Kier molecular flexibility index (Phi) is 6.25. The predicted molar refractivity (Wildman–Crippen MR) is 99.3 cm³/mol. The maximum atomic E-state index is 13.9. The van der Waals surface area contributed by atoms with Crippen molar-refractivity contribution in [3.05, 3.63) is 34.1 Å². The maximum Gasteiger partial charge on any atom is 0.227 e. The highest BCUT2D eigenvalue weighted by molar-refractivity contribution is 9.10. The number of piperidine rings is 1. The molecule has 1 unspecified atom stereocenters. The zero-order chi connectivity index (χ0) is 18.8. The van der Waals surface area contributed by atoms with E-state index in [1.54, 1.807) is 29.0 Å². The molecule has 1 aromatic carbocycles. The molecule has 2 rings (SSSR count). The number of carbonyl (C=O) groups is 2. The molecule has 1 aliphatic heterocycles. The van der Waals surface area contributed by atoms with Gasteiger partial charge in [-0.25, -0.2) is 4.39 Å². The number of hydrogen-bond acceptors (Lipinski definition) is 2. The number of halogens is 2. The van der Waals surface area contributed by atoms with E-state index in [0.717, 1.165) is 17.3 Å². The van der Waals surface area contributed by atoms with Gasteiger partial charge < -0.3 is 9.80 Å². The minimum atomic E-state index is -0.448. The molecule has 6 heteroatoms. The summed E-state index contributed by atoms with van der Waals surface area (Å²) in [6.45, 7) is 7.03. The highest BCUT2D eigenvalue weighted by Crippen LogP contribution is 2.25. The van der Waals surface area contributed by atoms with E-state index in [4.69, 9.17) is 0 Å². The van der Waals surface area contributed by atoms with Crippen LogP contribution in [-0.4, -0.2) is 41.8 Å². The van der Waals surface area contributed by atoms with Crippen LogP contribution in [0.4, 0.5) is 4.39 Å². The van der Waals surface area contributed by atoms with E-state index in [0.29, 0.717) is 18.7 Å². The number of hydrogen-bond donors (Lipinski definition) is 0. The summed E-state index contributed by atoms with van der Waals surface area (Å²) in [4.78, 5) is 28.6. The van der Waals surface area contributed by atoms with Gasteiger partial charge in [0.2, 0.25) is 11.8 Å². The van der Waals surface area contributed by atoms with Crippen molar-refractivity contribution < 1.29 is 14.0 Å². The first kappa shape index (κ1) is 19.9. The van der Waals surface area contributed by atoms with Crippen molar-refractivity contribution in [3.63, 3.8) is 0 Å². The topological polar surface area (TPSA) is 40.6 Å². The van der Waals surface area contributed by atoms with Crippen molar-refractivity contribution in [1.82, 2.24) is 9.80 Å². The van der Waals surface area contributed by atoms with Crippen molar-refractivity contribution in [2.24, 2.45) is 11.3 Å². The van der Waals surface area contributed by atoms with Crippen LogP contribution in [0, 0.1) is 17.2 Å². The third-order valence-electron chi connectivity index (χ3n) is 4.49. The van der Waals surface area contributed by atoms with Crippen LogP contribution in [0.2, 0.25) is 0 Å². The first-order valence-electron chi connectivity index (χ1n) is 8.58. The Balaban J connectivity index is 2.04. The molecule has 0 spiro atoms. The van der Waals surface area contributed by atoms with Crippen molar-refractivity contribution in [1.29, 1.82) is 0 Å². The minimum Gasteiger partial charge on any atom is -0.341 e. The highest BCUT2D eigenvalue weighted by Gasteiger charge is 2.34. The Labute approximate surface area is 157 Å². The van der Waals surface area contributed by atoms with Crippen molar-refractivity contribution in [2.45, 2.75) is 40.2 Å². The van der Waals surface area contributed by atoms with Gasteiger partial charge in [0.15, 0.2) is 0 Å². The molecule has 0 aliphatic carbocycles. The predicted octanol–water partition coefficient (Wildman–Crippen LogP) is 3.83. The molecule has 1 aliphatic rings. The number of rotatable bonds is 3. The summed E-state index contributed by atoms with van der Waals surface area (Å²) >= 11 is 3.33. The van der Waals surface area contributed by atoms with Gasteiger partial charge in [0, 0.05) is 42.1 Å². The van der Waals surface area contributed by atoms with Crippen molar-refractivity contribution in [2.75, 3.05) is 20.1 Å². The lowest BCUT2D eigenvalue weighted by molar-refractivity contribution is -0.145. The Morgan fingerprint density at radius 3 is 2.68 bits per heavy atom. The average Bonchev–Trinajstić information content (AvgIpc) is 2.56. The van der Waals surface area contributed by atoms with Gasteiger partial charge in [-0.15, -0.1) is 0 Å². The summed E-state index contributed by atoms with van der Waals surface area (Å²) in [6.07, 6.45) is 1.58. The van der Waals surface area contributed by atoms with Crippen LogP contribution in [0.15, 0.2) is 22.7 Å². The molecule has 1 heterocycles. The van der Waals surface area contributed by atoms with Crippen LogP contribution in [0.3, 0.4) is 0 Å². The smallest absolute Gasteiger partial charge is 0.227 e. The lowest BCUT2D eigenvalue weighted by atomic mass is 9.90. The zero-order valence-corrected chi connectivity index (χ0v) is 16.9. The van der Waals surface area contributed by atoms with Gasteiger partial charge in [-0.05, 0) is 31.0 Å². The first-order valence-corrected chi connectivity index (χ1v) is 9.37. The Morgan fingerprint density at radius 2 is 2.04 bits per heavy atom. The van der Waals surface area contributed by atoms with E-state index in [1.165, 1.54) is 6.07 Å². The number of likely N-dealkylation sites (tertiary alicyclic amines) is 1. The van der Waals surface area contributed by atoms with Crippen molar-refractivity contribution >= 4 is 27.7 Å². The normalized spacial score (nSPS) is 18.2. The van der Waals surface area contributed by atoms with E-state index < -0.39 is 5.41 Å². The van der Waals surface area contributed by atoms with E-state index in [2.05, 4.69) is 15.9 Å². The molecular formula is C19H26BrFN2O2. The van der Waals surface area contributed by atoms with Gasteiger partial charge in [-0.1, -0.05) is 36.7 Å². The van der Waals surface area contributed by atoms with Gasteiger partial charge in [0.25, 0.3) is 0 Å². The van der Waals surface area contributed by atoms with Crippen LogP contribution in [0.5, 0.6) is 0 Å². The van der Waals surface area contributed by atoms with Gasteiger partial charge >= 0.3 is 0 Å². The lowest BCUT2D eigenvalue weighted by Crippen LogP contribution is -2.48. The number of amides is 2. The molecule has 1 aromatic rings. The fraction of sp³-hybridized carbons (Fsp3) is 0.579. The largest absolute Gasteiger partial charge is 0.341 e. The third kappa shape index (κ3) is 5.03. The van der Waals surface area contributed by atoms with E-state index >= 15 is 0 Å². The van der Waals surface area contributed by atoms with Crippen LogP contribution < -0.4 is 0 Å². The summed E-state index contributed by atoms with van der Waals surface area (Å²) < 4.78 is 14.7. The van der Waals surface area contributed by atoms with Gasteiger partial charge in [0.05, 0.1) is 5.92 Å². The molecular weight excluding hydrogens is 387 g/mol. The van der Waals surface area contributed by atoms with E-state index in [1.807, 2.05) is 20.8 Å². The number of benzene rings is 1. The molecule has 1 fully saturated rings. The maximum absolute atomic E-state index is 13.9. The second kappa shape index (κ2) is 7.85. The second-order valence-electron chi connectivity index (χ2n) is 7.77. The first-order chi connectivity index (χ1) is 11.6. The summed E-state index contributed by atoms with van der Waals surface area (Å²) in [5, 5.41) is 0. The van der Waals surface area contributed by atoms with Crippen LogP contribution in [-0.2, 0) is 16.1 Å². The highest BCUT2D eigenvalue weighted by atomic mass is 79.9. The minimum absolute atomic E-state index is 0.0363. The SMILES string of the molecule is CN(Cc1cc(Br)ccc1F)C(=O)C1CCCN(C(=O)C(C)(C)C)C1. The molecule has 138 valence electrons. The Hall–Kier alpha value is -1.43. The van der Waals surface area contributed by atoms with Crippen LogP contribution in [0.1, 0.15) is 39.2 Å². The van der Waals surface area contributed by atoms with E-state index in [-0.39, 0.29) is 30.1 Å². The summed E-state index contributed by atoms with van der Waals surface area (Å²) in [6, 6.07) is 4.72. The monoisotopic (exact) mass is 412 g/mol. The molecule has 4 nitrogen and oxygen atoms in total. The van der Waals surface area contributed by atoms with Gasteiger partial charge in [-0.2, -0.15) is 0 Å². The molecule has 25 heavy (non-hydrogen) atoms. The third-order valence-corrected chi connectivity index (χ3v) is 4.98. The standard InChI is InChI=1S/C19H26BrFN2O2/c1-19(2,3)18(25)23-9-5-6-13(12-23)17(24)22(4)11-14-10-15(20)7-8-16(14)21/h7-8,10,13H,5-6,9,11-12H2,1-4H3. The quantitative estimate of drug-likeness (QED) is 0.756. The molecule has 0 bridgehead atoms. The number of nitrogens with zero attached hydrogens (tertiary/aromatic N) is 2. The van der Waals surface area contributed by atoms with Crippen molar-refractivity contribution in [3.8, 4) is 0 Å². The fourth-order valence-corrected chi connectivity index (χ4v) is 3.56. The van der Waals surface area contributed by atoms with Gasteiger partial charge in [-0.3, -0.25) is 9.59 Å². The fourth-order valence-electron chi connectivity index (χ4n) is 3.15. The summed E-state index contributed by atoms with van der Waals surface area (Å²) in [7, 11) is 1.69. The van der Waals surface area contributed by atoms with E-state index in [9.17, 15) is 14.0 Å². The Bertz CT molecular complexity index is 657. The van der Waals surface area contributed by atoms with Crippen LogP contribution >= 0.6 is 15.9 Å². The molecule has 1 saturated heterocycles. The second-order valence-corrected chi connectivity index (χ2v) is 8.69. The zero-order valence-electron chi connectivity index (χ0n) is 15.3. The van der Waals surface area contributed by atoms with Crippen LogP contribution in [0.25, 0.3) is 0 Å². The number of carbonyl (C=O) groups excluding carboxylic acids is 2. The van der Waals surface area contributed by atoms with Gasteiger partial charge in [0.1, 0.15) is 5.82 Å². The molecule has 0 saturated carbocycles. The molecule has 1 atom stereocenters. The molecule has 2 amide bonds. The molecule has 0 N–H and O–H groups in total. The summed E-state index contributed by atoms with van der Waals surface area (Å²) in [5.74, 6) is -0.507. The Morgan fingerprint density at radius 1 is 1.36 bits per heavy atom.